The Morgan fingerprint density at radius 2 is 1.15 bits per heavy atom. The number of carbonyl (C=O) groups is 3. The van der Waals surface area contributed by atoms with Crippen LogP contribution in [0.25, 0.3) is 0 Å². The minimum atomic E-state index is -4.67. The van der Waals surface area contributed by atoms with Crippen LogP contribution in [0.3, 0.4) is 0 Å². The van der Waals surface area contributed by atoms with Crippen molar-refractivity contribution in [1.29, 1.82) is 0 Å². The minimum absolute atomic E-state index is 0. The average Bonchev–Trinajstić information content (AvgIpc) is 2.53. The van der Waals surface area contributed by atoms with E-state index in [1.807, 2.05) is 0 Å². The molecule has 1 aromatic carbocycles. The van der Waals surface area contributed by atoms with Crippen molar-refractivity contribution in [3.05, 3.63) is 48.0 Å². The van der Waals surface area contributed by atoms with Crippen molar-refractivity contribution in [2.45, 2.75) is 0 Å². The van der Waals surface area contributed by atoms with E-state index < -0.39 is 28.3 Å². The van der Waals surface area contributed by atoms with E-state index in [1.54, 1.807) is 30.3 Å². The third-order valence-corrected chi connectivity index (χ3v) is 1.49. The van der Waals surface area contributed by atoms with Gasteiger partial charge in [0.15, 0.2) is 0 Å². The molecule has 12 nitrogen and oxygen atoms in total. The van der Waals surface area contributed by atoms with E-state index in [9.17, 15) is 14.4 Å². The van der Waals surface area contributed by atoms with E-state index in [0.29, 0.717) is 17.7 Å². The number of hydrogen-bond acceptors (Lipinski definition) is 7. The second-order valence-corrected chi connectivity index (χ2v) is 4.47. The second kappa shape index (κ2) is 20.5. The summed E-state index contributed by atoms with van der Waals surface area (Å²) in [4.78, 5) is 29.3. The van der Waals surface area contributed by atoms with Gasteiger partial charge in [0.2, 0.25) is 0 Å². The normalized spacial score (nSPS) is 9.04. The number of rotatable bonds is 4. The summed E-state index contributed by atoms with van der Waals surface area (Å²) in [6, 6.07) is 8.30. The number of aromatic carboxylic acids is 1. The molecule has 0 radical (unpaired) electrons. The maximum absolute atomic E-state index is 10.2. The zero-order chi connectivity index (χ0) is 21.2. The first kappa shape index (κ1) is 32.8. The van der Waals surface area contributed by atoms with Crippen molar-refractivity contribution in [3.63, 3.8) is 0 Å². The van der Waals surface area contributed by atoms with Crippen LogP contribution < -0.4 is 29.6 Å². The standard InChI is InChI=1S/C7H6O2.C4H4O4.C2H6O2.Na.H2O4S.H/c8-7(9)6-4-2-1-3-5-6;5-3(6)1-2-4(7)8;3-1-2-4;;1-5(2,3)4;/h1-5H,(H,8,9);1-2H,(H,5,6)(H,7,8);3-4H,1-2H2;;(H2,1,2,3,4);/q;;;+1;;-1/b;2-1+;;;;. The van der Waals surface area contributed by atoms with Crippen LogP contribution in [0.5, 0.6) is 0 Å². The molecule has 7 N–H and O–H groups in total. The van der Waals surface area contributed by atoms with Gasteiger partial charge in [0.1, 0.15) is 0 Å². The summed E-state index contributed by atoms with van der Waals surface area (Å²) < 4.78 is 31.6. The van der Waals surface area contributed by atoms with Crippen LogP contribution in [0.2, 0.25) is 0 Å². The van der Waals surface area contributed by atoms with Crippen LogP contribution in [-0.2, 0) is 20.0 Å². The third kappa shape index (κ3) is 45.4. The zero-order valence-corrected chi connectivity index (χ0v) is 16.9. The Kier molecular flexibility index (Phi) is 24.9. The van der Waals surface area contributed by atoms with Crippen LogP contribution in [0, 0.1) is 0 Å². The molecule has 14 heteroatoms. The van der Waals surface area contributed by atoms with Crippen LogP contribution in [-0.4, -0.2) is 74.2 Å². The third-order valence-electron chi connectivity index (χ3n) is 1.49. The van der Waals surface area contributed by atoms with Gasteiger partial charge >= 0.3 is 57.9 Å². The van der Waals surface area contributed by atoms with E-state index >= 15 is 0 Å². The predicted octanol–water partition coefficient (Wildman–Crippen LogP) is -3.47. The SMILES string of the molecule is O=C(O)/C=C/C(=O)O.O=C(O)c1ccccc1.O=S(=O)(O)O.OCCO.[H-].[Na+]. The summed E-state index contributed by atoms with van der Waals surface area (Å²) in [5.41, 5.74) is 0.331. The first-order chi connectivity index (χ1) is 11.8. The summed E-state index contributed by atoms with van der Waals surface area (Å²) in [5.74, 6) is -3.39. The molecule has 0 aliphatic carbocycles. The molecule has 0 saturated heterocycles. The fourth-order valence-corrected chi connectivity index (χ4v) is 0.723. The molecule has 27 heavy (non-hydrogen) atoms. The Morgan fingerprint density at radius 1 is 0.852 bits per heavy atom. The molecule has 0 heterocycles. The van der Waals surface area contributed by atoms with Gasteiger partial charge in [0.05, 0.1) is 18.8 Å². The van der Waals surface area contributed by atoms with Crippen molar-refractivity contribution in [3.8, 4) is 0 Å². The number of benzene rings is 1. The predicted molar refractivity (Wildman–Crippen MR) is 87.3 cm³/mol. The van der Waals surface area contributed by atoms with E-state index in [-0.39, 0.29) is 44.2 Å². The van der Waals surface area contributed by atoms with Crippen molar-refractivity contribution in [2.75, 3.05) is 13.2 Å². The fraction of sp³-hybridized carbons (Fsp3) is 0.154. The molecule has 0 fully saturated rings. The van der Waals surface area contributed by atoms with Crippen molar-refractivity contribution >= 4 is 28.3 Å². The molecule has 0 aliphatic rings. The largest absolute Gasteiger partial charge is 1.00 e. The molecular weight excluding hydrogens is 403 g/mol. The molecule has 1 aromatic rings. The van der Waals surface area contributed by atoms with E-state index in [4.69, 9.17) is 43.1 Å². The van der Waals surface area contributed by atoms with Gasteiger partial charge in [-0.05, 0) is 12.1 Å². The molecule has 0 aromatic heterocycles. The smallest absolute Gasteiger partial charge is 1.00 e. The molecule has 0 spiro atoms. The van der Waals surface area contributed by atoms with Gasteiger partial charge in [-0.3, -0.25) is 9.11 Å². The van der Waals surface area contributed by atoms with Gasteiger partial charge in [-0.2, -0.15) is 8.42 Å². The van der Waals surface area contributed by atoms with Crippen LogP contribution in [0.1, 0.15) is 11.8 Å². The maximum atomic E-state index is 10.2. The average molecular weight is 422 g/mol. The van der Waals surface area contributed by atoms with Crippen molar-refractivity contribution < 1.29 is 88.4 Å². The number of aliphatic hydroxyl groups is 2. The fourth-order valence-electron chi connectivity index (χ4n) is 0.723. The quantitative estimate of drug-likeness (QED) is 0.143. The van der Waals surface area contributed by atoms with Gasteiger partial charge < -0.3 is 27.0 Å². The number of carboxylic acid groups (broad SMARTS) is 3. The Labute approximate surface area is 177 Å². The molecule has 0 bridgehead atoms. The summed E-state index contributed by atoms with van der Waals surface area (Å²) >= 11 is 0. The molecule has 0 atom stereocenters. The second-order valence-electron chi connectivity index (χ2n) is 3.58. The Hall–Kier alpha value is -1.84. The van der Waals surface area contributed by atoms with Crippen LogP contribution in [0.4, 0.5) is 0 Å². The number of aliphatic hydroxyl groups excluding tert-OH is 2. The molecule has 150 valence electrons. The first-order valence-corrected chi connectivity index (χ1v) is 7.58. The number of hydrogen-bond donors (Lipinski definition) is 7. The van der Waals surface area contributed by atoms with E-state index in [1.165, 1.54) is 0 Å². The van der Waals surface area contributed by atoms with E-state index in [0.717, 1.165) is 0 Å². The van der Waals surface area contributed by atoms with Gasteiger partial charge in [-0.25, -0.2) is 14.4 Å². The van der Waals surface area contributed by atoms with Gasteiger partial charge in [0.25, 0.3) is 0 Å². The summed E-state index contributed by atoms with van der Waals surface area (Å²) in [7, 11) is -4.67. The topological polar surface area (TPSA) is 227 Å². The van der Waals surface area contributed by atoms with Crippen LogP contribution >= 0.6 is 0 Å². The summed E-state index contributed by atoms with van der Waals surface area (Å²) in [6.07, 6.45) is 1.12. The first-order valence-electron chi connectivity index (χ1n) is 6.19. The van der Waals surface area contributed by atoms with Gasteiger partial charge in [-0.1, -0.05) is 18.2 Å². The Morgan fingerprint density at radius 3 is 1.30 bits per heavy atom. The zero-order valence-electron chi connectivity index (χ0n) is 15.0. The van der Waals surface area contributed by atoms with Gasteiger partial charge in [-0.15, -0.1) is 0 Å². The van der Waals surface area contributed by atoms with Gasteiger partial charge in [0, 0.05) is 12.2 Å². The molecule has 1 rings (SSSR count). The molecule has 0 saturated carbocycles. The monoisotopic (exact) mass is 422 g/mol. The number of aliphatic carboxylic acids is 2. The van der Waals surface area contributed by atoms with E-state index in [2.05, 4.69) is 0 Å². The molecule has 0 aliphatic heterocycles. The molecule has 0 amide bonds. The molecular formula is C13H19NaO12S. The Balaban J connectivity index is -0.0000000861. The summed E-state index contributed by atoms with van der Waals surface area (Å²) in [6.45, 7) is -0.250. The van der Waals surface area contributed by atoms with Crippen molar-refractivity contribution in [1.82, 2.24) is 0 Å². The maximum Gasteiger partial charge on any atom is 1.00 e. The summed E-state index contributed by atoms with van der Waals surface area (Å²) in [5, 5.41) is 39.3. The van der Waals surface area contributed by atoms with Crippen molar-refractivity contribution in [2.24, 2.45) is 0 Å². The Bertz CT molecular complexity index is 637. The van der Waals surface area contributed by atoms with Crippen LogP contribution in [0.15, 0.2) is 42.5 Å². The molecule has 0 unspecified atom stereocenters. The number of carboxylic acids is 3. The minimum Gasteiger partial charge on any atom is -1.00 e.